The molecule has 1 aromatic rings. The molecule has 0 aliphatic carbocycles. The molecule has 0 heterocycles. The maximum absolute atomic E-state index is 11.6. The number of aryl methyl sites for hydroxylation is 1. The van der Waals surface area contributed by atoms with Crippen LogP contribution in [0.2, 0.25) is 0 Å². The van der Waals surface area contributed by atoms with E-state index in [2.05, 4.69) is 5.32 Å². The Kier molecular flexibility index (Phi) is 5.17. The van der Waals surface area contributed by atoms with Crippen molar-refractivity contribution in [2.24, 2.45) is 5.73 Å². The van der Waals surface area contributed by atoms with Crippen LogP contribution in [0.1, 0.15) is 25.3 Å². The van der Waals surface area contributed by atoms with Crippen molar-refractivity contribution in [2.75, 3.05) is 5.73 Å². The third-order valence-corrected chi connectivity index (χ3v) is 2.51. The number of rotatable bonds is 6. The molecule has 0 saturated carbocycles. The summed E-state index contributed by atoms with van der Waals surface area (Å²) in [4.78, 5) is 22.3. The molecule has 5 N–H and O–H groups in total. The molecule has 0 radical (unpaired) electrons. The van der Waals surface area contributed by atoms with E-state index in [1.807, 2.05) is 18.2 Å². The highest BCUT2D eigenvalue weighted by molar-refractivity contribution is 5.78. The van der Waals surface area contributed by atoms with Crippen LogP contribution in [0, 0.1) is 0 Å². The van der Waals surface area contributed by atoms with Gasteiger partial charge in [-0.1, -0.05) is 12.1 Å². The summed E-state index contributed by atoms with van der Waals surface area (Å²) in [7, 11) is 0. The van der Waals surface area contributed by atoms with Crippen LogP contribution in [0.5, 0.6) is 0 Å². The molecule has 0 spiro atoms. The van der Waals surface area contributed by atoms with Crippen LogP contribution in [-0.2, 0) is 16.0 Å². The van der Waals surface area contributed by atoms with Crippen LogP contribution in [0.15, 0.2) is 24.3 Å². The topological polar surface area (TPSA) is 98.2 Å². The van der Waals surface area contributed by atoms with E-state index in [4.69, 9.17) is 11.5 Å². The number of nitrogens with one attached hydrogen (secondary N) is 1. The quantitative estimate of drug-likeness (QED) is 0.643. The molecule has 5 heteroatoms. The zero-order valence-corrected chi connectivity index (χ0v) is 10.5. The predicted octanol–water partition coefficient (Wildman–Crippen LogP) is 0.582. The molecule has 0 bridgehead atoms. The third kappa shape index (κ3) is 5.34. The van der Waals surface area contributed by atoms with Crippen molar-refractivity contribution in [1.29, 1.82) is 0 Å². The number of carbonyl (C=O) groups is 2. The molecule has 98 valence electrons. The summed E-state index contributed by atoms with van der Waals surface area (Å²) in [5.41, 5.74) is 12.4. The van der Waals surface area contributed by atoms with E-state index in [0.717, 1.165) is 5.56 Å². The van der Waals surface area contributed by atoms with Crippen molar-refractivity contribution in [2.45, 2.75) is 32.2 Å². The Balaban J connectivity index is 2.35. The van der Waals surface area contributed by atoms with Gasteiger partial charge in [0.2, 0.25) is 11.8 Å². The first-order chi connectivity index (χ1) is 8.47. The Morgan fingerprint density at radius 3 is 2.72 bits per heavy atom. The highest BCUT2D eigenvalue weighted by atomic mass is 16.2. The number of nitrogens with two attached hydrogens (primary N) is 2. The SMILES string of the molecule is CC(CC(N)=O)NC(=O)CCc1cccc(N)c1. The highest BCUT2D eigenvalue weighted by Crippen LogP contribution is 2.08. The maximum atomic E-state index is 11.6. The van der Waals surface area contributed by atoms with Crippen molar-refractivity contribution >= 4 is 17.5 Å². The zero-order chi connectivity index (χ0) is 13.5. The van der Waals surface area contributed by atoms with Gasteiger partial charge in [-0.2, -0.15) is 0 Å². The van der Waals surface area contributed by atoms with E-state index in [-0.39, 0.29) is 18.4 Å². The first-order valence-electron chi connectivity index (χ1n) is 5.89. The van der Waals surface area contributed by atoms with Crippen molar-refractivity contribution in [3.05, 3.63) is 29.8 Å². The molecule has 0 aliphatic heterocycles. The largest absolute Gasteiger partial charge is 0.399 e. The second-order valence-corrected chi connectivity index (χ2v) is 4.38. The number of amides is 2. The van der Waals surface area contributed by atoms with E-state index in [0.29, 0.717) is 18.5 Å². The summed E-state index contributed by atoms with van der Waals surface area (Å²) in [6.07, 6.45) is 1.15. The minimum absolute atomic E-state index is 0.0915. The molecule has 1 atom stereocenters. The standard InChI is InChI=1S/C13H19N3O2/c1-9(7-12(15)17)16-13(18)6-5-10-3-2-4-11(14)8-10/h2-4,8-9H,5-7,14H2,1H3,(H2,15,17)(H,16,18). The van der Waals surface area contributed by atoms with Crippen molar-refractivity contribution < 1.29 is 9.59 Å². The Bertz CT molecular complexity index is 432. The van der Waals surface area contributed by atoms with Crippen molar-refractivity contribution in [3.8, 4) is 0 Å². The van der Waals surface area contributed by atoms with Crippen LogP contribution in [0.25, 0.3) is 0 Å². The summed E-state index contributed by atoms with van der Waals surface area (Å²) in [6, 6.07) is 7.21. The van der Waals surface area contributed by atoms with Gasteiger partial charge in [0.15, 0.2) is 0 Å². The first kappa shape index (κ1) is 14.0. The van der Waals surface area contributed by atoms with Gasteiger partial charge in [-0.15, -0.1) is 0 Å². The van der Waals surface area contributed by atoms with Crippen LogP contribution < -0.4 is 16.8 Å². The molecule has 0 aromatic heterocycles. The number of nitrogen functional groups attached to an aromatic ring is 1. The van der Waals surface area contributed by atoms with Crippen LogP contribution in [-0.4, -0.2) is 17.9 Å². The third-order valence-electron chi connectivity index (χ3n) is 2.51. The molecule has 0 aliphatic rings. The number of hydrogen-bond donors (Lipinski definition) is 3. The molecular formula is C13H19N3O2. The van der Waals surface area contributed by atoms with E-state index >= 15 is 0 Å². The van der Waals surface area contributed by atoms with Crippen molar-refractivity contribution in [1.82, 2.24) is 5.32 Å². The molecule has 0 fully saturated rings. The van der Waals surface area contributed by atoms with Gasteiger partial charge in [0.25, 0.3) is 0 Å². The minimum atomic E-state index is -0.418. The fourth-order valence-corrected chi connectivity index (χ4v) is 1.71. The van der Waals surface area contributed by atoms with Gasteiger partial charge < -0.3 is 16.8 Å². The second kappa shape index (κ2) is 6.64. The summed E-state index contributed by atoms with van der Waals surface area (Å²) in [6.45, 7) is 1.75. The zero-order valence-electron chi connectivity index (χ0n) is 10.5. The Morgan fingerprint density at radius 2 is 2.11 bits per heavy atom. The van der Waals surface area contributed by atoms with Crippen LogP contribution in [0.4, 0.5) is 5.69 Å². The minimum Gasteiger partial charge on any atom is -0.399 e. The molecule has 1 rings (SSSR count). The van der Waals surface area contributed by atoms with Gasteiger partial charge in [-0.3, -0.25) is 9.59 Å². The smallest absolute Gasteiger partial charge is 0.220 e. The number of anilines is 1. The summed E-state index contributed by atoms with van der Waals surface area (Å²) in [5.74, 6) is -0.509. The van der Waals surface area contributed by atoms with Gasteiger partial charge in [0.1, 0.15) is 0 Å². The molecule has 1 unspecified atom stereocenters. The van der Waals surface area contributed by atoms with Gasteiger partial charge in [-0.05, 0) is 31.0 Å². The van der Waals surface area contributed by atoms with Gasteiger partial charge >= 0.3 is 0 Å². The molecule has 2 amide bonds. The first-order valence-corrected chi connectivity index (χ1v) is 5.89. The number of benzene rings is 1. The lowest BCUT2D eigenvalue weighted by molar-refractivity contribution is -0.122. The molecule has 5 nitrogen and oxygen atoms in total. The fourth-order valence-electron chi connectivity index (χ4n) is 1.71. The average Bonchev–Trinajstić information content (AvgIpc) is 2.25. The summed E-state index contributed by atoms with van der Waals surface area (Å²) < 4.78 is 0. The number of primary amides is 1. The van der Waals surface area contributed by atoms with Gasteiger partial charge in [-0.25, -0.2) is 0 Å². The highest BCUT2D eigenvalue weighted by Gasteiger charge is 2.09. The number of carbonyl (C=O) groups excluding carboxylic acids is 2. The van der Waals surface area contributed by atoms with E-state index in [1.54, 1.807) is 13.0 Å². The fraction of sp³-hybridized carbons (Fsp3) is 0.385. The van der Waals surface area contributed by atoms with Gasteiger partial charge in [0, 0.05) is 24.6 Å². The Morgan fingerprint density at radius 1 is 1.39 bits per heavy atom. The number of hydrogen-bond acceptors (Lipinski definition) is 3. The van der Waals surface area contributed by atoms with E-state index in [9.17, 15) is 9.59 Å². The predicted molar refractivity (Wildman–Crippen MR) is 70.6 cm³/mol. The van der Waals surface area contributed by atoms with E-state index in [1.165, 1.54) is 0 Å². The van der Waals surface area contributed by atoms with E-state index < -0.39 is 5.91 Å². The lowest BCUT2D eigenvalue weighted by atomic mass is 10.1. The molecule has 18 heavy (non-hydrogen) atoms. The monoisotopic (exact) mass is 249 g/mol. The lowest BCUT2D eigenvalue weighted by Gasteiger charge is -2.11. The maximum Gasteiger partial charge on any atom is 0.220 e. The van der Waals surface area contributed by atoms with Crippen LogP contribution >= 0.6 is 0 Å². The van der Waals surface area contributed by atoms with Gasteiger partial charge in [0.05, 0.1) is 0 Å². The Labute approximate surface area is 107 Å². The molecule has 1 aromatic carbocycles. The Hall–Kier alpha value is -2.04. The molecular weight excluding hydrogens is 230 g/mol. The normalized spacial score (nSPS) is 11.8. The van der Waals surface area contributed by atoms with Crippen molar-refractivity contribution in [3.63, 3.8) is 0 Å². The van der Waals surface area contributed by atoms with Crippen LogP contribution in [0.3, 0.4) is 0 Å². The lowest BCUT2D eigenvalue weighted by Crippen LogP contribution is -2.35. The average molecular weight is 249 g/mol. The second-order valence-electron chi connectivity index (χ2n) is 4.38. The summed E-state index contributed by atoms with van der Waals surface area (Å²) in [5, 5.41) is 2.73. The molecule has 0 saturated heterocycles. The summed E-state index contributed by atoms with van der Waals surface area (Å²) >= 11 is 0.